The number of imidazole rings is 1. The van der Waals surface area contributed by atoms with Crippen LogP contribution in [0.15, 0.2) is 11.1 Å². The predicted molar refractivity (Wildman–Crippen MR) is 180 cm³/mol. The third kappa shape index (κ3) is 11.0. The number of alkyl carbamates (subject to hydrolysis) is 1. The molecule has 30 heteroatoms. The maximum Gasteiger partial charge on any atom is 0.480 e. The minimum atomic E-state index is -5.61. The van der Waals surface area contributed by atoms with E-state index in [9.17, 15) is 47.8 Å². The Morgan fingerprint density at radius 1 is 1.11 bits per heavy atom. The van der Waals surface area contributed by atoms with E-state index in [-0.39, 0.29) is 65.9 Å². The molecule has 9 atom stereocenters. The summed E-state index contributed by atoms with van der Waals surface area (Å²) in [7, 11) is -16.6. The summed E-state index contributed by atoms with van der Waals surface area (Å²) in [6, 6.07) is 0.0270. The van der Waals surface area contributed by atoms with Gasteiger partial charge in [-0.2, -0.15) is 21.1 Å². The summed E-state index contributed by atoms with van der Waals surface area (Å²) in [5.74, 6) is 0.242. The van der Waals surface area contributed by atoms with Gasteiger partial charge in [-0.15, -0.1) is 4.86 Å². The highest BCUT2D eigenvalue weighted by Gasteiger charge is 2.49. The fourth-order valence-electron chi connectivity index (χ4n) is 5.74. The van der Waals surface area contributed by atoms with E-state index in [1.807, 2.05) is 0 Å². The largest absolute Gasteiger partial charge is 0.480 e. The van der Waals surface area contributed by atoms with Crippen molar-refractivity contribution in [3.63, 3.8) is 0 Å². The number of aromatic amines is 1. The van der Waals surface area contributed by atoms with E-state index < -0.39 is 66.1 Å². The monoisotopic (exact) mass is 834 g/mol. The molecule has 2 aromatic rings. The number of hydrogen-bond acceptors (Lipinski definition) is 16. The first-order chi connectivity index (χ1) is 24.8. The molecule has 2 unspecified atom stereocenters. The maximum absolute atomic E-state index is 12.8. The Morgan fingerprint density at radius 2 is 1.85 bits per heavy atom. The molecule has 4 amide bonds. The number of aliphatic hydroxyl groups is 1. The van der Waals surface area contributed by atoms with E-state index >= 15 is 0 Å². The van der Waals surface area contributed by atoms with Gasteiger partial charge in [-0.25, -0.2) is 28.3 Å². The van der Waals surface area contributed by atoms with E-state index in [4.69, 9.17) is 25.0 Å². The molecule has 3 saturated heterocycles. The number of amides is 4. The smallest absolute Gasteiger partial charge is 0.439 e. The minimum absolute atomic E-state index is 0.00693. The molecule has 5 heterocycles. The lowest BCUT2D eigenvalue weighted by Gasteiger charge is -2.22. The number of unbranched alkanes of at least 4 members (excludes halogenated alkanes) is 1. The van der Waals surface area contributed by atoms with Crippen LogP contribution < -0.4 is 37.4 Å². The highest BCUT2D eigenvalue weighted by atomic mass is 32.2. The van der Waals surface area contributed by atoms with Crippen molar-refractivity contribution in [2.24, 2.45) is 0 Å². The van der Waals surface area contributed by atoms with Crippen LogP contribution >= 0.6 is 35.1 Å². The quantitative estimate of drug-likeness (QED) is 0.0457. The summed E-state index contributed by atoms with van der Waals surface area (Å²) in [5.41, 5.74) is 4.48. The number of urea groups is 1. The number of rotatable bonds is 17. The van der Waals surface area contributed by atoms with Crippen LogP contribution in [0.4, 0.5) is 15.5 Å². The van der Waals surface area contributed by atoms with E-state index in [2.05, 4.69) is 45.1 Å². The van der Waals surface area contributed by atoms with E-state index in [0.29, 0.717) is 6.42 Å². The number of carbonyl (C=O) groups excluding carboxylic acids is 3. The SMILES string of the molecule is Nc1nc2c(ncn2[C@@H]2O[C@H](COP(=O)(O)OP(=O)(O)NP(=O)(O)O)[C@@H](O)[C@H]2OC(=O)NCCNC(=O)CCCC[C@@H]2SC[C@@H]3NC(=O)N[C@@H]32)c(=O)[nH]1. The van der Waals surface area contributed by atoms with Gasteiger partial charge < -0.3 is 61.2 Å². The summed E-state index contributed by atoms with van der Waals surface area (Å²) in [6.07, 6.45) is -4.36. The Hall–Kier alpha value is -3.16. The number of fused-ring (bicyclic) bond motifs is 2. The van der Waals surface area contributed by atoms with Crippen LogP contribution in [-0.4, -0.2) is 123 Å². The summed E-state index contributed by atoms with van der Waals surface area (Å²) in [5, 5.41) is 22.1. The number of aromatic nitrogens is 4. The highest BCUT2D eigenvalue weighted by molar-refractivity contribution is 8.00. The number of ether oxygens (including phenoxy) is 2. The van der Waals surface area contributed by atoms with Gasteiger partial charge in [0.15, 0.2) is 23.5 Å². The number of nitrogens with one attached hydrogen (secondary N) is 6. The molecule has 0 radical (unpaired) electrons. The van der Waals surface area contributed by atoms with Gasteiger partial charge in [-0.05, 0) is 12.8 Å². The van der Waals surface area contributed by atoms with Gasteiger partial charge in [-0.1, -0.05) is 6.42 Å². The molecule has 13 N–H and O–H groups in total. The fraction of sp³-hybridized carbons (Fsp3) is 0.652. The van der Waals surface area contributed by atoms with E-state index in [0.717, 1.165) is 34.3 Å². The number of carbonyl (C=O) groups is 3. The first kappa shape index (κ1) is 41.0. The molecule has 2 aromatic heterocycles. The van der Waals surface area contributed by atoms with E-state index in [1.54, 1.807) is 11.8 Å². The van der Waals surface area contributed by atoms with Crippen LogP contribution in [-0.2, 0) is 36.8 Å². The number of phosphoric ester groups is 1. The summed E-state index contributed by atoms with van der Waals surface area (Å²) in [6.45, 7) is -1.20. The number of phosphoric acid groups is 1. The number of H-pyrrole nitrogens is 1. The van der Waals surface area contributed by atoms with Crippen molar-refractivity contribution < 1.29 is 71.1 Å². The average molecular weight is 835 g/mol. The molecule has 3 aliphatic rings. The van der Waals surface area contributed by atoms with Crippen LogP contribution in [0, 0.1) is 0 Å². The molecular weight excluding hydrogens is 797 g/mol. The second-order valence-corrected chi connectivity index (χ2v) is 17.9. The molecule has 0 aliphatic carbocycles. The standard InChI is InChI=1S/C23H37N10O16P3S/c24-21-30-18-15(19(36)31-21)27-9-33(18)20-17(16(35)11(47-20)7-46-52(44,45)49-51(42,43)32-50(39,40)41)48-23(38)26-6-5-25-13(34)4-2-1-3-12-14-10(8-53-12)28-22(37)29-14/h9-12,14,16-17,20,35H,1-8H2,(H,25,34)(H,26,38)(H,44,45)(H2,28,29,37)(H3,24,30,31,36)(H4,32,39,40,41,42,43)/t10-,11+,12-,14-,16+,17+,20+/m0/s1. The lowest BCUT2D eigenvalue weighted by atomic mass is 10.0. The van der Waals surface area contributed by atoms with Crippen LogP contribution in [0.1, 0.15) is 31.9 Å². The first-order valence-corrected chi connectivity index (χ1v) is 21.4. The molecule has 26 nitrogen and oxygen atoms in total. The van der Waals surface area contributed by atoms with Crippen molar-refractivity contribution >= 4 is 70.2 Å². The van der Waals surface area contributed by atoms with Crippen molar-refractivity contribution in [3.8, 4) is 0 Å². The maximum atomic E-state index is 12.8. The molecule has 0 saturated carbocycles. The third-order valence-corrected chi connectivity index (χ3v) is 13.7. The predicted octanol–water partition coefficient (Wildman–Crippen LogP) is -2.19. The van der Waals surface area contributed by atoms with Gasteiger partial charge in [-0.3, -0.25) is 23.7 Å². The number of thioether (sulfide) groups is 1. The molecule has 0 bridgehead atoms. The van der Waals surface area contributed by atoms with Crippen molar-refractivity contribution in [2.75, 3.05) is 31.2 Å². The lowest BCUT2D eigenvalue weighted by Crippen LogP contribution is -2.41. The Labute approximate surface area is 302 Å². The zero-order chi connectivity index (χ0) is 38.7. The number of hydrogen-bond donors (Lipinski definition) is 12. The van der Waals surface area contributed by atoms with Crippen LogP contribution in [0.3, 0.4) is 0 Å². The second-order valence-electron chi connectivity index (χ2n) is 11.9. The summed E-state index contributed by atoms with van der Waals surface area (Å²) in [4.78, 5) is 96.9. The molecule has 0 aromatic carbocycles. The highest BCUT2D eigenvalue weighted by Crippen LogP contribution is 2.61. The zero-order valence-electron chi connectivity index (χ0n) is 27.2. The van der Waals surface area contributed by atoms with Crippen molar-refractivity contribution in [2.45, 2.75) is 67.6 Å². The molecule has 3 aliphatic heterocycles. The minimum Gasteiger partial charge on any atom is -0.439 e. The van der Waals surface area contributed by atoms with Crippen molar-refractivity contribution in [1.82, 2.24) is 45.6 Å². The molecule has 296 valence electrons. The molecule has 53 heavy (non-hydrogen) atoms. The Morgan fingerprint density at radius 3 is 2.58 bits per heavy atom. The Balaban J connectivity index is 1.13. The topological polar surface area (TPSA) is 390 Å². The second kappa shape index (κ2) is 16.7. The summed E-state index contributed by atoms with van der Waals surface area (Å²) >= 11 is 1.78. The molecule has 5 rings (SSSR count). The van der Waals surface area contributed by atoms with Crippen molar-refractivity contribution in [1.29, 1.82) is 0 Å². The van der Waals surface area contributed by atoms with E-state index in [1.165, 1.54) is 0 Å². The van der Waals surface area contributed by atoms with Gasteiger partial charge >= 0.3 is 35.4 Å². The van der Waals surface area contributed by atoms with Crippen LogP contribution in [0.25, 0.3) is 11.2 Å². The summed E-state index contributed by atoms with van der Waals surface area (Å²) < 4.78 is 55.8. The first-order valence-electron chi connectivity index (χ1n) is 15.6. The third-order valence-electron chi connectivity index (χ3n) is 7.95. The van der Waals surface area contributed by atoms with Gasteiger partial charge in [0.1, 0.15) is 12.2 Å². The Kier molecular flexibility index (Phi) is 12.9. The number of nitrogens with two attached hydrogens (primary N) is 1. The normalized spacial score (nSPS) is 27.7. The van der Waals surface area contributed by atoms with Crippen molar-refractivity contribution in [3.05, 3.63) is 16.7 Å². The van der Waals surface area contributed by atoms with Crippen LogP contribution in [0.2, 0.25) is 0 Å². The molecule has 0 spiro atoms. The van der Waals surface area contributed by atoms with Gasteiger partial charge in [0, 0.05) is 30.5 Å². The number of anilines is 1. The zero-order valence-corrected chi connectivity index (χ0v) is 30.7. The number of nitrogen functional groups attached to an aromatic ring is 1. The number of aliphatic hydroxyl groups excluding tert-OH is 1. The lowest BCUT2D eigenvalue weighted by molar-refractivity contribution is -0.121. The fourth-order valence-corrected chi connectivity index (χ4v) is 10.7. The average Bonchev–Trinajstić information content (AvgIpc) is 3.78. The van der Waals surface area contributed by atoms with Gasteiger partial charge in [0.2, 0.25) is 11.9 Å². The van der Waals surface area contributed by atoms with Gasteiger partial charge in [0.25, 0.3) is 5.56 Å². The number of nitrogens with zero attached hydrogens (tertiary/aromatic N) is 3. The van der Waals surface area contributed by atoms with Gasteiger partial charge in [0.05, 0.1) is 25.0 Å². The Bertz CT molecular complexity index is 1900. The molecular formula is C23H37N10O16P3S. The molecule has 3 fully saturated rings. The van der Waals surface area contributed by atoms with Crippen LogP contribution in [0.5, 0.6) is 0 Å².